The quantitative estimate of drug-likeness (QED) is 0.406. The van der Waals surface area contributed by atoms with Gasteiger partial charge in [-0.3, -0.25) is 4.90 Å². The first-order valence-corrected chi connectivity index (χ1v) is 11.7. The maximum Gasteiger partial charge on any atom is 0.162 e. The van der Waals surface area contributed by atoms with Crippen molar-refractivity contribution in [3.63, 3.8) is 0 Å². The lowest BCUT2D eigenvalue weighted by Gasteiger charge is -2.35. The van der Waals surface area contributed by atoms with Gasteiger partial charge in [-0.25, -0.2) is 0 Å². The molecule has 184 valence electrons. The molecule has 4 rings (SSSR count). The highest BCUT2D eigenvalue weighted by Gasteiger charge is 2.21. The van der Waals surface area contributed by atoms with Crippen molar-refractivity contribution in [2.24, 2.45) is 0 Å². The van der Waals surface area contributed by atoms with Crippen molar-refractivity contribution in [2.75, 3.05) is 39.3 Å². The van der Waals surface area contributed by atoms with Crippen LogP contribution >= 0.6 is 12.4 Å². The van der Waals surface area contributed by atoms with Gasteiger partial charge in [0, 0.05) is 45.7 Å². The lowest BCUT2D eigenvalue weighted by atomic mass is 10.1. The van der Waals surface area contributed by atoms with Gasteiger partial charge in [0.15, 0.2) is 11.5 Å². The Morgan fingerprint density at radius 2 is 1.29 bits per heavy atom. The first-order valence-electron chi connectivity index (χ1n) is 11.7. The van der Waals surface area contributed by atoms with Crippen molar-refractivity contribution in [1.82, 2.24) is 9.80 Å². The zero-order chi connectivity index (χ0) is 22.0. The molecular formula is C28H37ClN2O3. The summed E-state index contributed by atoms with van der Waals surface area (Å²) in [5.74, 6) is 1.63. The zero-order valence-electron chi connectivity index (χ0n) is 19.9. The molecule has 0 bridgehead atoms. The van der Waals surface area contributed by atoms with E-state index in [-0.39, 0.29) is 24.0 Å². The second-order valence-electron chi connectivity index (χ2n) is 8.29. The van der Waals surface area contributed by atoms with Gasteiger partial charge in [0.05, 0.1) is 6.61 Å². The Bertz CT molecular complexity index is 935. The molecule has 0 radical (unpaired) electrons. The van der Waals surface area contributed by atoms with Crippen LogP contribution in [-0.2, 0) is 6.54 Å². The molecule has 2 N–H and O–H groups in total. The number of halogens is 1. The highest BCUT2D eigenvalue weighted by Crippen LogP contribution is 2.32. The Hall–Kier alpha value is -2.57. The third-order valence-electron chi connectivity index (χ3n) is 6.01. The molecule has 1 aliphatic heterocycles. The molecule has 3 aromatic rings. The molecule has 34 heavy (non-hydrogen) atoms. The third kappa shape index (κ3) is 8.03. The minimum absolute atomic E-state index is 0. The molecule has 0 spiro atoms. The van der Waals surface area contributed by atoms with Gasteiger partial charge in [-0.15, -0.1) is 12.4 Å². The summed E-state index contributed by atoms with van der Waals surface area (Å²) in [5, 5.41) is 0. The third-order valence-corrected chi connectivity index (χ3v) is 6.01. The molecule has 1 fully saturated rings. The van der Waals surface area contributed by atoms with Crippen LogP contribution in [-0.4, -0.2) is 54.6 Å². The first kappa shape index (κ1) is 27.7. The van der Waals surface area contributed by atoms with E-state index in [0.717, 1.165) is 57.2 Å². The molecular weight excluding hydrogens is 448 g/mol. The molecule has 6 heteroatoms. The van der Waals surface area contributed by atoms with Crippen LogP contribution in [0.5, 0.6) is 11.5 Å². The minimum atomic E-state index is 0. The van der Waals surface area contributed by atoms with Crippen molar-refractivity contribution in [3.8, 4) is 11.5 Å². The average Bonchev–Trinajstić information content (AvgIpc) is 2.85. The van der Waals surface area contributed by atoms with Crippen molar-refractivity contribution in [3.05, 3.63) is 96.1 Å². The van der Waals surface area contributed by atoms with Gasteiger partial charge in [-0.05, 0) is 30.2 Å². The van der Waals surface area contributed by atoms with E-state index in [2.05, 4.69) is 70.5 Å². The SMILES string of the molecule is CCOc1ccccc1OC(CCN1CCN(Cc2ccccc2)CC1)c1ccccc1.Cl.O. The van der Waals surface area contributed by atoms with Gasteiger partial charge in [0.25, 0.3) is 0 Å². The monoisotopic (exact) mass is 484 g/mol. The Balaban J connectivity index is 0.00000204. The fourth-order valence-corrected chi connectivity index (χ4v) is 4.25. The summed E-state index contributed by atoms with van der Waals surface area (Å²) in [6, 6.07) is 29.3. The fourth-order valence-electron chi connectivity index (χ4n) is 4.25. The number of ether oxygens (including phenoxy) is 2. The molecule has 1 heterocycles. The molecule has 1 aliphatic rings. The maximum atomic E-state index is 6.51. The first-order chi connectivity index (χ1) is 15.8. The Morgan fingerprint density at radius 3 is 1.94 bits per heavy atom. The Labute approximate surface area is 210 Å². The van der Waals surface area contributed by atoms with Crippen LogP contribution in [0.4, 0.5) is 0 Å². The van der Waals surface area contributed by atoms with Gasteiger partial charge in [-0.2, -0.15) is 0 Å². The van der Waals surface area contributed by atoms with Gasteiger partial charge < -0.3 is 19.8 Å². The van der Waals surface area contributed by atoms with Crippen molar-refractivity contribution in [1.29, 1.82) is 0 Å². The van der Waals surface area contributed by atoms with Crippen LogP contribution in [0.2, 0.25) is 0 Å². The van der Waals surface area contributed by atoms with Crippen LogP contribution in [0.3, 0.4) is 0 Å². The van der Waals surface area contributed by atoms with Crippen LogP contribution in [0.1, 0.15) is 30.6 Å². The van der Waals surface area contributed by atoms with E-state index in [1.54, 1.807) is 0 Å². The van der Waals surface area contributed by atoms with Crippen molar-refractivity contribution >= 4 is 12.4 Å². The number of rotatable bonds is 10. The van der Waals surface area contributed by atoms with Crippen molar-refractivity contribution in [2.45, 2.75) is 26.0 Å². The number of piperazine rings is 1. The molecule has 3 aromatic carbocycles. The van der Waals surface area contributed by atoms with Crippen LogP contribution in [0, 0.1) is 0 Å². The van der Waals surface area contributed by atoms with Crippen LogP contribution in [0.15, 0.2) is 84.9 Å². The smallest absolute Gasteiger partial charge is 0.162 e. The molecule has 1 unspecified atom stereocenters. The number of benzene rings is 3. The topological polar surface area (TPSA) is 56.4 Å². The number of para-hydroxylation sites is 2. The average molecular weight is 485 g/mol. The van der Waals surface area contributed by atoms with E-state index >= 15 is 0 Å². The van der Waals surface area contributed by atoms with Crippen molar-refractivity contribution < 1.29 is 14.9 Å². The summed E-state index contributed by atoms with van der Waals surface area (Å²) in [4.78, 5) is 5.12. The molecule has 0 aromatic heterocycles. The summed E-state index contributed by atoms with van der Waals surface area (Å²) >= 11 is 0. The Morgan fingerprint density at radius 1 is 0.735 bits per heavy atom. The standard InChI is InChI=1S/C28H34N2O2.ClH.H2O/c1-2-31-27-15-9-10-16-28(27)32-26(25-13-7-4-8-14-25)17-18-29-19-21-30(22-20-29)23-24-11-5-3-6-12-24;;/h3-16,26H,2,17-23H2,1H3;1H;1H2. The largest absolute Gasteiger partial charge is 0.490 e. The second kappa shape index (κ2) is 14.6. The number of hydrogen-bond donors (Lipinski definition) is 0. The highest BCUT2D eigenvalue weighted by atomic mass is 35.5. The van der Waals surface area contributed by atoms with E-state index < -0.39 is 0 Å². The minimum Gasteiger partial charge on any atom is -0.490 e. The summed E-state index contributed by atoms with van der Waals surface area (Å²) in [6.07, 6.45) is 0.948. The lowest BCUT2D eigenvalue weighted by Crippen LogP contribution is -2.46. The molecule has 1 saturated heterocycles. The van der Waals surface area contributed by atoms with E-state index in [0.29, 0.717) is 6.61 Å². The molecule has 1 atom stereocenters. The lowest BCUT2D eigenvalue weighted by molar-refractivity contribution is 0.105. The summed E-state index contributed by atoms with van der Waals surface area (Å²) in [6.45, 7) is 9.12. The normalized spacial score (nSPS) is 15.0. The van der Waals surface area contributed by atoms with Gasteiger partial charge in [0.2, 0.25) is 0 Å². The molecule has 5 nitrogen and oxygen atoms in total. The van der Waals surface area contributed by atoms with E-state index in [1.165, 1.54) is 11.1 Å². The van der Waals surface area contributed by atoms with E-state index in [1.807, 2.05) is 31.2 Å². The fraction of sp³-hybridized carbons (Fsp3) is 0.357. The summed E-state index contributed by atoms with van der Waals surface area (Å²) < 4.78 is 12.3. The Kier molecular flexibility index (Phi) is 11.9. The summed E-state index contributed by atoms with van der Waals surface area (Å²) in [5.41, 5.74) is 2.60. The number of nitrogens with zero attached hydrogens (tertiary/aromatic N) is 2. The van der Waals surface area contributed by atoms with Gasteiger partial charge in [0.1, 0.15) is 6.10 Å². The number of hydrogen-bond acceptors (Lipinski definition) is 4. The van der Waals surface area contributed by atoms with Crippen LogP contribution in [0.25, 0.3) is 0 Å². The second-order valence-corrected chi connectivity index (χ2v) is 8.29. The molecule has 0 aliphatic carbocycles. The van der Waals surface area contributed by atoms with Gasteiger partial charge >= 0.3 is 0 Å². The van der Waals surface area contributed by atoms with Gasteiger partial charge in [-0.1, -0.05) is 72.8 Å². The predicted octanol–water partition coefficient (Wildman–Crippen LogP) is 5.01. The molecule has 0 amide bonds. The summed E-state index contributed by atoms with van der Waals surface area (Å²) in [7, 11) is 0. The zero-order valence-corrected chi connectivity index (χ0v) is 20.8. The maximum absolute atomic E-state index is 6.51. The van der Waals surface area contributed by atoms with Crippen LogP contribution < -0.4 is 9.47 Å². The highest BCUT2D eigenvalue weighted by molar-refractivity contribution is 5.85. The predicted molar refractivity (Wildman–Crippen MR) is 141 cm³/mol. The van der Waals surface area contributed by atoms with E-state index in [9.17, 15) is 0 Å². The van der Waals surface area contributed by atoms with E-state index in [4.69, 9.17) is 9.47 Å². The molecule has 0 saturated carbocycles.